The second-order valence-electron chi connectivity index (χ2n) is 6.62. The molecule has 124 valence electrons. The van der Waals surface area contributed by atoms with E-state index >= 15 is 0 Å². The van der Waals surface area contributed by atoms with Gasteiger partial charge in [0.05, 0.1) is 0 Å². The fraction of sp³-hybridized carbons (Fsp3) is 0.556. The number of hydrogen-bond acceptors (Lipinski definition) is 2. The van der Waals surface area contributed by atoms with Crippen LogP contribution in [-0.2, 0) is 11.2 Å². The van der Waals surface area contributed by atoms with E-state index < -0.39 is 0 Å². The van der Waals surface area contributed by atoms with Crippen molar-refractivity contribution in [1.82, 2.24) is 4.90 Å². The highest BCUT2D eigenvalue weighted by Crippen LogP contribution is 2.26. The van der Waals surface area contributed by atoms with Crippen molar-refractivity contribution in [3.8, 4) is 0 Å². The van der Waals surface area contributed by atoms with Crippen molar-refractivity contribution < 1.29 is 4.79 Å². The van der Waals surface area contributed by atoms with Crippen molar-refractivity contribution in [2.24, 2.45) is 16.6 Å². The van der Waals surface area contributed by atoms with Crippen molar-refractivity contribution in [1.29, 1.82) is 0 Å². The molecule has 0 bridgehead atoms. The lowest BCUT2D eigenvalue weighted by molar-refractivity contribution is -0.117. The number of rotatable bonds is 2. The maximum Gasteiger partial charge on any atom is 0.248 e. The quantitative estimate of drug-likeness (QED) is 0.671. The number of guanidine groups is 1. The summed E-state index contributed by atoms with van der Waals surface area (Å²) in [5.41, 5.74) is 8.35. The van der Waals surface area contributed by atoms with Crippen LogP contribution >= 0.6 is 0 Å². The molecule has 1 saturated heterocycles. The van der Waals surface area contributed by atoms with Crippen molar-refractivity contribution in [3.63, 3.8) is 0 Å². The van der Waals surface area contributed by atoms with Crippen LogP contribution in [0.2, 0.25) is 0 Å². The number of carbonyl (C=O) groups excluding carboxylic acids is 1. The molecule has 0 unspecified atom stereocenters. The molecule has 5 heteroatoms. The summed E-state index contributed by atoms with van der Waals surface area (Å²) in [6.45, 7) is 5.05. The van der Waals surface area contributed by atoms with Crippen LogP contribution in [0, 0.1) is 5.92 Å². The number of para-hydroxylation sites is 1. The van der Waals surface area contributed by atoms with Gasteiger partial charge in [-0.25, -0.2) is 4.99 Å². The number of benzene rings is 1. The van der Waals surface area contributed by atoms with Crippen molar-refractivity contribution in [3.05, 3.63) is 29.8 Å². The predicted octanol–water partition coefficient (Wildman–Crippen LogP) is 2.01. The van der Waals surface area contributed by atoms with Crippen molar-refractivity contribution in [2.75, 3.05) is 31.1 Å². The van der Waals surface area contributed by atoms with Crippen LogP contribution in [-0.4, -0.2) is 42.9 Å². The lowest BCUT2D eigenvalue weighted by atomic mass is 10.00. The molecule has 0 spiro atoms. The topological polar surface area (TPSA) is 61.9 Å². The standard InChI is InChI=1S/C18H26N4O/c1-14-8-11-21(12-9-14)18(19)20-13-17(23)22-10-4-6-15-5-2-3-7-16(15)22/h2-3,5,7,14H,4,6,8-13H2,1H3,(H2,19,20). The summed E-state index contributed by atoms with van der Waals surface area (Å²) in [7, 11) is 0. The molecular weight excluding hydrogens is 288 g/mol. The summed E-state index contributed by atoms with van der Waals surface area (Å²) in [6.07, 6.45) is 4.33. The van der Waals surface area contributed by atoms with E-state index in [1.807, 2.05) is 23.1 Å². The Labute approximate surface area is 138 Å². The van der Waals surface area contributed by atoms with Crippen LogP contribution in [0.5, 0.6) is 0 Å². The number of aryl methyl sites for hydroxylation is 1. The van der Waals surface area contributed by atoms with Crippen LogP contribution in [0.1, 0.15) is 31.7 Å². The van der Waals surface area contributed by atoms with Gasteiger partial charge in [0.15, 0.2) is 5.96 Å². The molecule has 1 amide bonds. The third-order valence-corrected chi connectivity index (χ3v) is 4.90. The Balaban J connectivity index is 1.62. The number of nitrogens with two attached hydrogens (primary N) is 1. The van der Waals surface area contributed by atoms with E-state index in [1.165, 1.54) is 5.56 Å². The van der Waals surface area contributed by atoms with Gasteiger partial charge in [-0.05, 0) is 43.2 Å². The number of likely N-dealkylation sites (tertiary alicyclic amines) is 1. The van der Waals surface area contributed by atoms with Crippen LogP contribution in [0.4, 0.5) is 5.69 Å². The molecule has 2 heterocycles. The van der Waals surface area contributed by atoms with Gasteiger partial charge in [0.25, 0.3) is 0 Å². The summed E-state index contributed by atoms with van der Waals surface area (Å²) in [5.74, 6) is 1.30. The SMILES string of the molecule is CC1CCN(C(N)=NCC(=O)N2CCCc3ccccc32)CC1. The number of carbonyl (C=O) groups is 1. The zero-order valence-corrected chi connectivity index (χ0v) is 13.9. The minimum absolute atomic E-state index is 0.0328. The lowest BCUT2D eigenvalue weighted by Gasteiger charge is -2.31. The summed E-state index contributed by atoms with van der Waals surface area (Å²) in [4.78, 5) is 20.8. The van der Waals surface area contributed by atoms with Crippen LogP contribution < -0.4 is 10.6 Å². The molecule has 2 N–H and O–H groups in total. The average molecular weight is 314 g/mol. The second kappa shape index (κ2) is 7.02. The molecule has 1 aromatic carbocycles. The highest BCUT2D eigenvalue weighted by molar-refractivity contribution is 5.97. The summed E-state index contributed by atoms with van der Waals surface area (Å²) in [6, 6.07) is 8.13. The van der Waals surface area contributed by atoms with Gasteiger partial charge in [-0.1, -0.05) is 25.1 Å². The van der Waals surface area contributed by atoms with E-state index in [9.17, 15) is 4.79 Å². The number of hydrogen-bond donors (Lipinski definition) is 1. The molecule has 3 rings (SSSR count). The molecule has 0 saturated carbocycles. The molecule has 5 nitrogen and oxygen atoms in total. The lowest BCUT2D eigenvalue weighted by Crippen LogP contribution is -2.43. The largest absolute Gasteiger partial charge is 0.370 e. The Kier molecular flexibility index (Phi) is 4.84. The Morgan fingerprint density at radius 2 is 2.00 bits per heavy atom. The average Bonchev–Trinajstić information content (AvgIpc) is 2.59. The first-order valence-corrected chi connectivity index (χ1v) is 8.58. The number of aliphatic imine (C=N–C) groups is 1. The van der Waals surface area contributed by atoms with Crippen LogP contribution in [0.15, 0.2) is 29.3 Å². The van der Waals surface area contributed by atoms with Gasteiger partial charge < -0.3 is 15.5 Å². The molecular formula is C18H26N4O. The van der Waals surface area contributed by atoms with Gasteiger partial charge in [0.2, 0.25) is 5.91 Å². The maximum atomic E-state index is 12.5. The third kappa shape index (κ3) is 3.66. The smallest absolute Gasteiger partial charge is 0.248 e. The van der Waals surface area contributed by atoms with E-state index in [-0.39, 0.29) is 12.5 Å². The number of nitrogens with zero attached hydrogens (tertiary/aromatic N) is 3. The molecule has 2 aliphatic rings. The molecule has 1 fully saturated rings. The molecule has 2 aliphatic heterocycles. The van der Waals surface area contributed by atoms with E-state index in [0.717, 1.165) is 56.9 Å². The first-order chi connectivity index (χ1) is 11.1. The van der Waals surface area contributed by atoms with Gasteiger partial charge in [-0.2, -0.15) is 0 Å². The molecule has 1 aromatic rings. The molecule has 0 atom stereocenters. The Hall–Kier alpha value is -2.04. The molecule has 23 heavy (non-hydrogen) atoms. The fourth-order valence-corrected chi connectivity index (χ4v) is 3.36. The summed E-state index contributed by atoms with van der Waals surface area (Å²) < 4.78 is 0. The highest BCUT2D eigenvalue weighted by Gasteiger charge is 2.22. The number of piperidine rings is 1. The number of anilines is 1. The zero-order chi connectivity index (χ0) is 16.2. The first-order valence-electron chi connectivity index (χ1n) is 8.58. The zero-order valence-electron chi connectivity index (χ0n) is 13.9. The minimum atomic E-state index is 0.0328. The van der Waals surface area contributed by atoms with Crippen molar-refractivity contribution in [2.45, 2.75) is 32.6 Å². The normalized spacial score (nSPS) is 19.6. The molecule has 0 radical (unpaired) electrons. The van der Waals surface area contributed by atoms with E-state index in [1.54, 1.807) is 0 Å². The Morgan fingerprint density at radius 3 is 2.78 bits per heavy atom. The van der Waals surface area contributed by atoms with Crippen molar-refractivity contribution >= 4 is 17.6 Å². The summed E-state index contributed by atoms with van der Waals surface area (Å²) in [5, 5.41) is 0. The number of fused-ring (bicyclic) bond motifs is 1. The summed E-state index contributed by atoms with van der Waals surface area (Å²) >= 11 is 0. The number of amides is 1. The van der Waals surface area contributed by atoms with E-state index in [0.29, 0.717) is 5.96 Å². The van der Waals surface area contributed by atoms with Gasteiger partial charge >= 0.3 is 0 Å². The van der Waals surface area contributed by atoms with E-state index in [2.05, 4.69) is 22.9 Å². The van der Waals surface area contributed by atoms with Gasteiger partial charge in [0.1, 0.15) is 6.54 Å². The molecule has 0 aromatic heterocycles. The fourth-order valence-electron chi connectivity index (χ4n) is 3.36. The van der Waals surface area contributed by atoms with Crippen LogP contribution in [0.3, 0.4) is 0 Å². The predicted molar refractivity (Wildman–Crippen MR) is 93.6 cm³/mol. The maximum absolute atomic E-state index is 12.5. The minimum Gasteiger partial charge on any atom is -0.370 e. The third-order valence-electron chi connectivity index (χ3n) is 4.90. The van der Waals surface area contributed by atoms with Gasteiger partial charge in [0, 0.05) is 25.3 Å². The first kappa shape index (κ1) is 15.8. The monoisotopic (exact) mass is 314 g/mol. The van der Waals surface area contributed by atoms with E-state index in [4.69, 9.17) is 5.73 Å². The molecule has 0 aliphatic carbocycles. The Bertz CT molecular complexity index is 590. The second-order valence-corrected chi connectivity index (χ2v) is 6.62. The highest BCUT2D eigenvalue weighted by atomic mass is 16.2. The van der Waals surface area contributed by atoms with Crippen LogP contribution in [0.25, 0.3) is 0 Å². The Morgan fingerprint density at radius 1 is 1.26 bits per heavy atom. The van der Waals surface area contributed by atoms with Gasteiger partial charge in [-0.15, -0.1) is 0 Å². The van der Waals surface area contributed by atoms with Gasteiger partial charge in [-0.3, -0.25) is 4.79 Å².